The summed E-state index contributed by atoms with van der Waals surface area (Å²) < 4.78 is 0. The standard InChI is InChI=1S/C28H30N2O4/c1-2-6-20-9-11-22(12-10-20)23-13-15-24(16-14-23)28(33)30-18-17-25(31)26(30)27(32)29-34-19-21-7-4-3-5-8-21/h3-5,7-16,25-26,31H,2,6,17-19H2,1H3,(H,29,32)/t25-,26+/m1/s1. The highest BCUT2D eigenvalue weighted by Crippen LogP contribution is 2.24. The number of carbonyl (C=O) groups excluding carboxylic acids is 2. The van der Waals surface area contributed by atoms with Crippen LogP contribution in [-0.2, 0) is 22.7 Å². The second kappa shape index (κ2) is 11.1. The molecule has 3 aromatic rings. The molecule has 2 N–H and O–H groups in total. The summed E-state index contributed by atoms with van der Waals surface area (Å²) in [6.45, 7) is 2.66. The SMILES string of the molecule is CCCc1ccc(-c2ccc(C(=O)N3CC[C@@H](O)[C@H]3C(=O)NOCc3ccccc3)cc2)cc1. The molecule has 2 atom stereocenters. The van der Waals surface area contributed by atoms with Crippen molar-refractivity contribution in [1.29, 1.82) is 0 Å². The quantitative estimate of drug-likeness (QED) is 0.498. The third-order valence-electron chi connectivity index (χ3n) is 6.11. The lowest BCUT2D eigenvalue weighted by molar-refractivity contribution is -0.141. The van der Waals surface area contributed by atoms with Gasteiger partial charge in [0, 0.05) is 12.1 Å². The van der Waals surface area contributed by atoms with E-state index in [1.54, 1.807) is 12.1 Å². The second-order valence-electron chi connectivity index (χ2n) is 8.56. The molecule has 0 aliphatic carbocycles. The van der Waals surface area contributed by atoms with E-state index in [0.29, 0.717) is 18.5 Å². The van der Waals surface area contributed by atoms with E-state index < -0.39 is 18.1 Å². The number of carbonyl (C=O) groups is 2. The minimum Gasteiger partial charge on any atom is -0.390 e. The number of rotatable bonds is 8. The summed E-state index contributed by atoms with van der Waals surface area (Å²) in [4.78, 5) is 32.6. The molecule has 176 valence electrons. The Morgan fingerprint density at radius 2 is 1.59 bits per heavy atom. The lowest BCUT2D eigenvalue weighted by Gasteiger charge is -2.25. The molecule has 0 aromatic heterocycles. The fourth-order valence-corrected chi connectivity index (χ4v) is 4.27. The maximum absolute atomic E-state index is 13.2. The van der Waals surface area contributed by atoms with Gasteiger partial charge in [0.1, 0.15) is 6.04 Å². The Bertz CT molecular complexity index is 1100. The molecule has 1 saturated heterocycles. The van der Waals surface area contributed by atoms with E-state index in [2.05, 4.69) is 36.7 Å². The number of nitrogens with zero attached hydrogens (tertiary/aromatic N) is 1. The van der Waals surface area contributed by atoms with Crippen molar-refractivity contribution in [3.05, 3.63) is 95.6 Å². The van der Waals surface area contributed by atoms with E-state index >= 15 is 0 Å². The predicted octanol–water partition coefficient (Wildman–Crippen LogP) is 4.13. The molecule has 0 unspecified atom stereocenters. The van der Waals surface area contributed by atoms with E-state index in [4.69, 9.17) is 4.84 Å². The molecular formula is C28H30N2O4. The fraction of sp³-hybridized carbons (Fsp3) is 0.286. The van der Waals surface area contributed by atoms with Crippen LogP contribution in [0.2, 0.25) is 0 Å². The van der Waals surface area contributed by atoms with E-state index in [1.165, 1.54) is 10.5 Å². The normalized spacial score (nSPS) is 17.5. The van der Waals surface area contributed by atoms with E-state index in [9.17, 15) is 14.7 Å². The third kappa shape index (κ3) is 5.53. The molecular weight excluding hydrogens is 428 g/mol. The van der Waals surface area contributed by atoms with Crippen LogP contribution in [0.5, 0.6) is 0 Å². The van der Waals surface area contributed by atoms with Gasteiger partial charge in [-0.15, -0.1) is 0 Å². The van der Waals surface area contributed by atoms with Gasteiger partial charge in [0.2, 0.25) is 0 Å². The molecule has 0 radical (unpaired) electrons. The van der Waals surface area contributed by atoms with Crippen molar-refractivity contribution in [3.63, 3.8) is 0 Å². The Kier molecular flexibility index (Phi) is 7.72. The molecule has 0 spiro atoms. The van der Waals surface area contributed by atoms with Gasteiger partial charge in [-0.3, -0.25) is 14.4 Å². The summed E-state index contributed by atoms with van der Waals surface area (Å²) in [5.41, 5.74) is 7.18. The van der Waals surface area contributed by atoms with Gasteiger partial charge in [-0.1, -0.05) is 80.1 Å². The van der Waals surface area contributed by atoms with Crippen molar-refractivity contribution in [3.8, 4) is 11.1 Å². The van der Waals surface area contributed by atoms with Gasteiger partial charge in [-0.05, 0) is 47.2 Å². The first-order chi connectivity index (χ1) is 16.6. The molecule has 0 bridgehead atoms. The van der Waals surface area contributed by atoms with Gasteiger partial charge < -0.3 is 10.0 Å². The molecule has 1 aliphatic rings. The monoisotopic (exact) mass is 458 g/mol. The summed E-state index contributed by atoms with van der Waals surface area (Å²) >= 11 is 0. The molecule has 1 fully saturated rings. The number of aliphatic hydroxyl groups is 1. The average molecular weight is 459 g/mol. The van der Waals surface area contributed by atoms with Crippen molar-refractivity contribution < 1.29 is 19.5 Å². The van der Waals surface area contributed by atoms with Crippen LogP contribution in [0.3, 0.4) is 0 Å². The van der Waals surface area contributed by atoms with Gasteiger partial charge >= 0.3 is 0 Å². The van der Waals surface area contributed by atoms with Crippen LogP contribution in [0.25, 0.3) is 11.1 Å². The Morgan fingerprint density at radius 1 is 0.941 bits per heavy atom. The molecule has 34 heavy (non-hydrogen) atoms. The highest BCUT2D eigenvalue weighted by molar-refractivity contribution is 5.98. The summed E-state index contributed by atoms with van der Waals surface area (Å²) in [6.07, 6.45) is 1.57. The molecule has 1 heterocycles. The number of benzene rings is 3. The smallest absolute Gasteiger partial charge is 0.269 e. The Balaban J connectivity index is 1.40. The van der Waals surface area contributed by atoms with Crippen LogP contribution in [0.1, 0.15) is 41.3 Å². The van der Waals surface area contributed by atoms with Crippen LogP contribution >= 0.6 is 0 Å². The molecule has 4 rings (SSSR count). The summed E-state index contributed by atoms with van der Waals surface area (Å²) in [5.74, 6) is -0.817. The zero-order chi connectivity index (χ0) is 23.9. The minimum atomic E-state index is -0.992. The Labute approximate surface area is 200 Å². The summed E-state index contributed by atoms with van der Waals surface area (Å²) in [7, 11) is 0. The van der Waals surface area contributed by atoms with E-state index in [-0.39, 0.29) is 12.5 Å². The lowest BCUT2D eigenvalue weighted by atomic mass is 10.0. The fourth-order valence-electron chi connectivity index (χ4n) is 4.27. The van der Waals surface area contributed by atoms with Crippen LogP contribution in [0.15, 0.2) is 78.9 Å². The van der Waals surface area contributed by atoms with Crippen molar-refractivity contribution in [2.45, 2.75) is 44.9 Å². The van der Waals surface area contributed by atoms with Crippen molar-refractivity contribution in [2.75, 3.05) is 6.54 Å². The summed E-state index contributed by atoms with van der Waals surface area (Å²) in [6, 6.07) is 24.2. The molecule has 1 aliphatic heterocycles. The van der Waals surface area contributed by atoms with Crippen LogP contribution in [0.4, 0.5) is 0 Å². The third-order valence-corrected chi connectivity index (χ3v) is 6.11. The van der Waals surface area contributed by atoms with Crippen LogP contribution in [-0.4, -0.2) is 40.5 Å². The number of nitrogens with one attached hydrogen (secondary N) is 1. The van der Waals surface area contributed by atoms with Gasteiger partial charge in [0.25, 0.3) is 11.8 Å². The molecule has 6 heteroatoms. The first-order valence-electron chi connectivity index (χ1n) is 11.7. The lowest BCUT2D eigenvalue weighted by Crippen LogP contribution is -2.50. The van der Waals surface area contributed by atoms with Crippen LogP contribution in [0, 0.1) is 0 Å². The highest BCUT2D eigenvalue weighted by Gasteiger charge is 2.41. The minimum absolute atomic E-state index is 0.199. The first-order valence-corrected chi connectivity index (χ1v) is 11.7. The van der Waals surface area contributed by atoms with Crippen molar-refractivity contribution in [2.24, 2.45) is 0 Å². The Morgan fingerprint density at radius 3 is 2.24 bits per heavy atom. The maximum atomic E-state index is 13.2. The average Bonchev–Trinajstić information content (AvgIpc) is 3.26. The number of aliphatic hydroxyl groups excluding tert-OH is 1. The first kappa shape index (κ1) is 23.7. The molecule has 3 aromatic carbocycles. The number of aryl methyl sites for hydroxylation is 1. The summed E-state index contributed by atoms with van der Waals surface area (Å²) in [5, 5.41) is 10.4. The number of hydrogen-bond acceptors (Lipinski definition) is 4. The van der Waals surface area contributed by atoms with Gasteiger partial charge in [-0.2, -0.15) is 0 Å². The highest BCUT2D eigenvalue weighted by atomic mass is 16.7. The zero-order valence-electron chi connectivity index (χ0n) is 19.3. The topological polar surface area (TPSA) is 78.9 Å². The number of hydrogen-bond donors (Lipinski definition) is 2. The molecule has 2 amide bonds. The number of likely N-dealkylation sites (tertiary alicyclic amines) is 1. The van der Waals surface area contributed by atoms with Gasteiger partial charge in [0.05, 0.1) is 12.7 Å². The zero-order valence-corrected chi connectivity index (χ0v) is 19.3. The Hall–Kier alpha value is -3.48. The number of amides is 2. The predicted molar refractivity (Wildman–Crippen MR) is 131 cm³/mol. The van der Waals surface area contributed by atoms with Crippen molar-refractivity contribution in [1.82, 2.24) is 10.4 Å². The van der Waals surface area contributed by atoms with Crippen LogP contribution < -0.4 is 5.48 Å². The number of hydroxylamine groups is 1. The maximum Gasteiger partial charge on any atom is 0.269 e. The van der Waals surface area contributed by atoms with E-state index in [1.807, 2.05) is 42.5 Å². The van der Waals surface area contributed by atoms with Gasteiger partial charge in [-0.25, -0.2) is 5.48 Å². The largest absolute Gasteiger partial charge is 0.390 e. The molecule has 6 nitrogen and oxygen atoms in total. The van der Waals surface area contributed by atoms with E-state index in [0.717, 1.165) is 29.5 Å². The second-order valence-corrected chi connectivity index (χ2v) is 8.56. The van der Waals surface area contributed by atoms with Crippen molar-refractivity contribution >= 4 is 11.8 Å². The molecule has 0 saturated carbocycles. The van der Waals surface area contributed by atoms with Gasteiger partial charge in [0.15, 0.2) is 0 Å².